The van der Waals surface area contributed by atoms with Crippen LogP contribution in [0.4, 0.5) is 15.1 Å². The number of ether oxygens (including phenoxy) is 1. The van der Waals surface area contributed by atoms with Crippen LogP contribution in [0.3, 0.4) is 0 Å². The number of hydrogen-bond acceptors (Lipinski definition) is 9. The maximum absolute atomic E-state index is 15.7. The van der Waals surface area contributed by atoms with Gasteiger partial charge in [-0.05, 0) is 51.7 Å². The maximum atomic E-state index is 15.7. The summed E-state index contributed by atoms with van der Waals surface area (Å²) < 4.78 is 48.6. The second-order valence-corrected chi connectivity index (χ2v) is 14.2. The van der Waals surface area contributed by atoms with Crippen LogP contribution in [0.25, 0.3) is 22.3 Å². The number of imidazole rings is 1. The molecule has 5 heterocycles. The molecule has 43 heavy (non-hydrogen) atoms. The molecule has 3 saturated heterocycles. The lowest BCUT2D eigenvalue weighted by Crippen LogP contribution is -2.58. The highest BCUT2D eigenvalue weighted by Crippen LogP contribution is 2.39. The van der Waals surface area contributed by atoms with Gasteiger partial charge in [0.05, 0.1) is 54.0 Å². The van der Waals surface area contributed by atoms with E-state index in [0.717, 1.165) is 0 Å². The van der Waals surface area contributed by atoms with Crippen molar-refractivity contribution in [2.24, 2.45) is 0 Å². The molecule has 1 aromatic carbocycles. The van der Waals surface area contributed by atoms with Crippen LogP contribution < -0.4 is 5.32 Å². The minimum absolute atomic E-state index is 0.0467. The van der Waals surface area contributed by atoms with Gasteiger partial charge in [0.1, 0.15) is 11.3 Å². The summed E-state index contributed by atoms with van der Waals surface area (Å²) in [6.45, 7) is 4.95. The highest BCUT2D eigenvalue weighted by molar-refractivity contribution is 7.88. The van der Waals surface area contributed by atoms with Gasteiger partial charge in [0.15, 0.2) is 5.82 Å². The zero-order valence-electron chi connectivity index (χ0n) is 24.4. The molecule has 12 nitrogen and oxygen atoms in total. The number of aliphatic hydroxyl groups excluding tert-OH is 1. The summed E-state index contributed by atoms with van der Waals surface area (Å²) >= 11 is 6.53. The second-order valence-electron chi connectivity index (χ2n) is 11.9. The van der Waals surface area contributed by atoms with E-state index in [1.54, 1.807) is 11.0 Å². The molecule has 2 aromatic heterocycles. The summed E-state index contributed by atoms with van der Waals surface area (Å²) in [5.41, 5.74) is 1.55. The molecular weight excluding hydrogens is 601 g/mol. The highest BCUT2D eigenvalue weighted by atomic mass is 35.5. The number of rotatable bonds is 6. The van der Waals surface area contributed by atoms with Gasteiger partial charge in [-0.25, -0.2) is 32.6 Å². The van der Waals surface area contributed by atoms with E-state index in [1.165, 1.54) is 29.9 Å². The Hall–Kier alpha value is -3.07. The fraction of sp³-hybridized carbons (Fsp3) is 0.571. The molecule has 0 saturated carbocycles. The number of halogens is 2. The third-order valence-corrected chi connectivity index (χ3v) is 10.4. The number of carbonyl (C=O) groups excluding carboxylic acids is 1. The molecule has 2 bridgehead atoms. The van der Waals surface area contributed by atoms with Gasteiger partial charge in [0.2, 0.25) is 16.0 Å². The quantitative estimate of drug-likeness (QED) is 0.414. The third-order valence-electron chi connectivity index (χ3n) is 8.81. The molecular formula is C28H35ClFN7O5S. The first-order valence-corrected chi connectivity index (χ1v) is 16.6. The van der Waals surface area contributed by atoms with Crippen molar-refractivity contribution in [1.29, 1.82) is 0 Å². The number of piperidine rings is 1. The average Bonchev–Trinajstić information content (AvgIpc) is 3.67. The van der Waals surface area contributed by atoms with E-state index < -0.39 is 40.1 Å². The molecule has 3 aliphatic heterocycles. The summed E-state index contributed by atoms with van der Waals surface area (Å²) in [4.78, 5) is 27.3. The summed E-state index contributed by atoms with van der Waals surface area (Å²) in [5.74, 6) is 0.294. The van der Waals surface area contributed by atoms with Gasteiger partial charge in [-0.15, -0.1) is 0 Å². The van der Waals surface area contributed by atoms with E-state index in [1.807, 2.05) is 18.4 Å². The standard InChI is InChI=1S/C28H35ClFN7O5S/c1-14(2)36-22-10-16(9-19(30)24(22)33-26(36)15-7-8-35(13-15)28(39)42-3)23-18(29)12-31-27(34-23)32-20-11-17-5-6-21(25(20)38)37(17)43(4,40)41/h9-10,12,14-15,17,20-21,25,38H,5-8,11,13H2,1-4H3,(H,31,32,34)/t15?,17-,20?,21?,25?/m1/s1. The Kier molecular flexibility index (Phi) is 7.76. The van der Waals surface area contributed by atoms with Crippen molar-refractivity contribution in [1.82, 2.24) is 28.7 Å². The Bertz CT molecular complexity index is 1690. The van der Waals surface area contributed by atoms with Gasteiger partial charge in [0.25, 0.3) is 0 Å². The summed E-state index contributed by atoms with van der Waals surface area (Å²) in [6, 6.07) is 1.91. The van der Waals surface area contributed by atoms with Crippen molar-refractivity contribution < 1.29 is 27.4 Å². The number of anilines is 1. The Balaban J connectivity index is 1.32. The number of aliphatic hydroxyl groups is 1. The van der Waals surface area contributed by atoms with E-state index in [4.69, 9.17) is 21.3 Å². The number of carbonyl (C=O) groups is 1. The number of fused-ring (bicyclic) bond motifs is 3. The highest BCUT2D eigenvalue weighted by Gasteiger charge is 2.50. The zero-order valence-corrected chi connectivity index (χ0v) is 25.9. The number of benzene rings is 1. The summed E-state index contributed by atoms with van der Waals surface area (Å²) in [5, 5.41) is 14.4. The molecule has 1 amide bonds. The molecule has 2 N–H and O–H groups in total. The first-order chi connectivity index (χ1) is 20.4. The SMILES string of the molecule is COC(=O)N1CCC(c2nc3c(F)cc(-c4nc(NC5C[C@H]6CCC(C5O)N6S(C)(=O)=O)ncc4Cl)cc3n2C(C)C)C1. The van der Waals surface area contributed by atoms with Crippen LogP contribution in [-0.4, -0.2) is 99.0 Å². The molecule has 4 unspecified atom stereocenters. The van der Waals surface area contributed by atoms with Crippen LogP contribution in [0.5, 0.6) is 0 Å². The summed E-state index contributed by atoms with van der Waals surface area (Å²) in [6.07, 6.45) is 3.58. The number of nitrogens with zero attached hydrogens (tertiary/aromatic N) is 6. The van der Waals surface area contributed by atoms with Crippen LogP contribution in [0.15, 0.2) is 18.3 Å². The predicted octanol–water partition coefficient (Wildman–Crippen LogP) is 3.76. The number of aromatic nitrogens is 4. The van der Waals surface area contributed by atoms with Crippen molar-refractivity contribution in [2.45, 2.75) is 75.7 Å². The minimum Gasteiger partial charge on any atom is -0.453 e. The topological polar surface area (TPSA) is 143 Å². The maximum Gasteiger partial charge on any atom is 0.409 e. The van der Waals surface area contributed by atoms with Crippen LogP contribution in [0, 0.1) is 5.82 Å². The van der Waals surface area contributed by atoms with Crippen molar-refractivity contribution >= 4 is 44.7 Å². The van der Waals surface area contributed by atoms with Crippen LogP contribution in [0.2, 0.25) is 5.02 Å². The second kappa shape index (κ2) is 11.1. The number of methoxy groups -OCH3 is 1. The van der Waals surface area contributed by atoms with Gasteiger partial charge < -0.3 is 24.6 Å². The third kappa shape index (κ3) is 5.32. The molecule has 5 atom stereocenters. The van der Waals surface area contributed by atoms with Crippen LogP contribution >= 0.6 is 11.6 Å². The van der Waals surface area contributed by atoms with Gasteiger partial charge in [0, 0.05) is 36.7 Å². The number of amides is 1. The van der Waals surface area contributed by atoms with Crippen LogP contribution in [-0.2, 0) is 14.8 Å². The van der Waals surface area contributed by atoms with E-state index >= 15 is 4.39 Å². The first-order valence-electron chi connectivity index (χ1n) is 14.4. The van der Waals surface area contributed by atoms with Crippen LogP contribution in [0.1, 0.15) is 57.3 Å². The molecule has 3 aromatic rings. The summed E-state index contributed by atoms with van der Waals surface area (Å²) in [7, 11) is -2.10. The largest absolute Gasteiger partial charge is 0.453 e. The minimum atomic E-state index is -3.45. The average molecular weight is 636 g/mol. The van der Waals surface area contributed by atoms with Gasteiger partial charge in [-0.2, -0.15) is 4.31 Å². The number of nitrogens with one attached hydrogen (secondary N) is 1. The molecule has 6 rings (SSSR count). The lowest BCUT2D eigenvalue weighted by atomic mass is 9.96. The van der Waals surface area contributed by atoms with Crippen molar-refractivity contribution in [3.8, 4) is 11.3 Å². The Labute approximate surface area is 254 Å². The first kappa shape index (κ1) is 30.0. The number of likely N-dealkylation sites (tertiary alicyclic amines) is 1. The normalized spacial score (nSPS) is 26.0. The Morgan fingerprint density at radius 3 is 2.70 bits per heavy atom. The lowest BCUT2D eigenvalue weighted by Gasteiger charge is -2.41. The Morgan fingerprint density at radius 1 is 1.23 bits per heavy atom. The van der Waals surface area contributed by atoms with Crippen molar-refractivity contribution in [3.63, 3.8) is 0 Å². The van der Waals surface area contributed by atoms with Gasteiger partial charge >= 0.3 is 6.09 Å². The van der Waals surface area contributed by atoms with E-state index in [-0.39, 0.29) is 34.5 Å². The fourth-order valence-corrected chi connectivity index (χ4v) is 8.66. The molecule has 15 heteroatoms. The van der Waals surface area contributed by atoms with Crippen molar-refractivity contribution in [2.75, 3.05) is 31.8 Å². The lowest BCUT2D eigenvalue weighted by molar-refractivity contribution is 0.0472. The molecule has 0 radical (unpaired) electrons. The smallest absolute Gasteiger partial charge is 0.409 e. The fourth-order valence-electron chi connectivity index (χ4n) is 7.00. The number of sulfonamides is 1. The molecule has 0 aliphatic carbocycles. The molecule has 3 fully saturated rings. The molecule has 232 valence electrons. The van der Waals surface area contributed by atoms with E-state index in [9.17, 15) is 18.3 Å². The van der Waals surface area contributed by atoms with E-state index in [0.29, 0.717) is 61.4 Å². The Morgan fingerprint density at radius 2 is 2.00 bits per heavy atom. The number of hydrogen-bond donors (Lipinski definition) is 2. The van der Waals surface area contributed by atoms with Gasteiger partial charge in [-0.1, -0.05) is 11.6 Å². The van der Waals surface area contributed by atoms with Crippen molar-refractivity contribution in [3.05, 3.63) is 35.0 Å². The van der Waals surface area contributed by atoms with Gasteiger partial charge in [-0.3, -0.25) is 0 Å². The monoisotopic (exact) mass is 635 g/mol. The zero-order chi connectivity index (χ0) is 30.8. The molecule has 0 spiro atoms. The molecule has 3 aliphatic rings. The van der Waals surface area contributed by atoms with E-state index in [2.05, 4.69) is 15.3 Å². The predicted molar refractivity (Wildman–Crippen MR) is 159 cm³/mol.